The minimum atomic E-state index is -4.49. The van der Waals surface area contributed by atoms with Gasteiger partial charge in [-0.1, -0.05) is 24.5 Å². The van der Waals surface area contributed by atoms with Crippen molar-refractivity contribution in [3.8, 4) is 0 Å². The number of nitrogens with zero attached hydrogens (tertiary/aromatic N) is 8. The molecular weight excluding hydrogens is 865 g/mol. The number of carbonyl (C=O) groups is 2. The summed E-state index contributed by atoms with van der Waals surface area (Å²) in [5.41, 5.74) is -3.18. The zero-order chi connectivity index (χ0) is 42.8. The van der Waals surface area contributed by atoms with E-state index in [-0.39, 0.29) is 28.7 Å². The summed E-state index contributed by atoms with van der Waals surface area (Å²) in [4.78, 5) is 67.8. The molecular formula is C32H41FN8O14P2S2. The SMILES string of the molecule is CC(C)(C)C(=O)OCn1cnc2c(ncn2[C@@H]2O[C@@H]3COP(=O)(S)O[C@H]4C[C@H](n5cnc6c(=O)n(COC(=O)C(C)(C)C)cnc65)O[C@@H]4COP(=O)(S)O[C@@H]2[C@H]3F)c1=O. The second-order valence-corrected chi connectivity index (χ2v) is 21.7. The lowest BCUT2D eigenvalue weighted by atomic mass is 9.97. The monoisotopic (exact) mass is 906 g/mol. The summed E-state index contributed by atoms with van der Waals surface area (Å²) in [5.74, 6) is -1.09. The molecule has 3 aliphatic rings. The third-order valence-corrected chi connectivity index (χ3v) is 12.6. The van der Waals surface area contributed by atoms with Crippen LogP contribution in [0.25, 0.3) is 22.3 Å². The summed E-state index contributed by atoms with van der Waals surface area (Å²) < 4.78 is 93.3. The highest BCUT2D eigenvalue weighted by Gasteiger charge is 2.52. The molecule has 9 atom stereocenters. The first kappa shape index (κ1) is 43.6. The molecule has 7 rings (SSSR count). The number of thiol groups is 2. The quantitative estimate of drug-likeness (QED) is 0.159. The van der Waals surface area contributed by atoms with Crippen molar-refractivity contribution in [3.05, 3.63) is 46.0 Å². The van der Waals surface area contributed by atoms with Crippen LogP contribution in [0.5, 0.6) is 0 Å². The van der Waals surface area contributed by atoms with E-state index in [0.29, 0.717) is 0 Å². The number of carbonyl (C=O) groups excluding carboxylic acids is 2. The molecule has 3 saturated heterocycles. The molecule has 0 aromatic carbocycles. The fourth-order valence-electron chi connectivity index (χ4n) is 6.18. The van der Waals surface area contributed by atoms with Crippen molar-refractivity contribution in [2.75, 3.05) is 13.2 Å². The highest BCUT2D eigenvalue weighted by molar-refractivity contribution is 8.44. The molecule has 4 aromatic heterocycles. The topological polar surface area (TPSA) is 248 Å². The molecule has 3 fully saturated rings. The highest BCUT2D eigenvalue weighted by atomic mass is 32.7. The number of hydrogen-bond acceptors (Lipinski definition) is 18. The summed E-state index contributed by atoms with van der Waals surface area (Å²) >= 11 is 8.22. The predicted octanol–water partition coefficient (Wildman–Crippen LogP) is 3.71. The summed E-state index contributed by atoms with van der Waals surface area (Å²) in [6.07, 6.45) is -5.42. The Bertz CT molecular complexity index is 2500. The van der Waals surface area contributed by atoms with Crippen molar-refractivity contribution in [1.29, 1.82) is 0 Å². The van der Waals surface area contributed by atoms with Crippen molar-refractivity contribution < 1.29 is 60.2 Å². The van der Waals surface area contributed by atoms with Gasteiger partial charge in [-0.15, -0.1) is 0 Å². The zero-order valence-corrected chi connectivity index (χ0v) is 35.9. The van der Waals surface area contributed by atoms with Crippen LogP contribution in [0.2, 0.25) is 0 Å². The third-order valence-electron chi connectivity index (χ3n) is 9.35. The molecule has 0 spiro atoms. The highest BCUT2D eigenvalue weighted by Crippen LogP contribution is 2.60. The lowest BCUT2D eigenvalue weighted by molar-refractivity contribution is -0.157. The molecule has 0 aliphatic carbocycles. The Kier molecular flexibility index (Phi) is 11.9. The number of hydrogen-bond donors (Lipinski definition) is 2. The van der Waals surface area contributed by atoms with Crippen LogP contribution in [0, 0.1) is 10.8 Å². The van der Waals surface area contributed by atoms with Gasteiger partial charge < -0.3 is 18.9 Å². The summed E-state index contributed by atoms with van der Waals surface area (Å²) in [7, 11) is 0. The van der Waals surface area contributed by atoms with Gasteiger partial charge in [0.05, 0.1) is 36.7 Å². The molecule has 322 valence electrons. The molecule has 0 amide bonds. The first-order valence-corrected chi connectivity index (χ1v) is 23.4. The Morgan fingerprint density at radius 3 is 1.78 bits per heavy atom. The molecule has 7 heterocycles. The number of imidazole rings is 2. The normalized spacial score (nSPS) is 30.7. The number of halogens is 1. The molecule has 2 unspecified atom stereocenters. The third kappa shape index (κ3) is 9.09. The minimum absolute atomic E-state index is 0.0587. The summed E-state index contributed by atoms with van der Waals surface area (Å²) in [6.45, 7) is -0.961. The van der Waals surface area contributed by atoms with Crippen LogP contribution in [0.15, 0.2) is 34.9 Å². The fraction of sp³-hybridized carbons (Fsp3) is 0.625. The summed E-state index contributed by atoms with van der Waals surface area (Å²) in [5, 5.41) is 0. The van der Waals surface area contributed by atoms with Crippen LogP contribution >= 0.6 is 38.1 Å². The number of fused-ring (bicyclic) bond motifs is 5. The second-order valence-electron chi connectivity index (χ2n) is 15.9. The Morgan fingerprint density at radius 1 is 0.746 bits per heavy atom. The van der Waals surface area contributed by atoms with E-state index in [1.807, 2.05) is 0 Å². The number of alkyl halides is 1. The van der Waals surface area contributed by atoms with Crippen LogP contribution in [0.3, 0.4) is 0 Å². The maximum absolute atomic E-state index is 16.2. The van der Waals surface area contributed by atoms with Gasteiger partial charge in [0, 0.05) is 6.42 Å². The van der Waals surface area contributed by atoms with Gasteiger partial charge in [-0.05, 0) is 41.5 Å². The van der Waals surface area contributed by atoms with Gasteiger partial charge in [0.2, 0.25) is 0 Å². The average molecular weight is 907 g/mol. The second kappa shape index (κ2) is 16.1. The largest absolute Gasteiger partial charge is 0.443 e. The van der Waals surface area contributed by atoms with E-state index >= 15 is 4.39 Å². The van der Waals surface area contributed by atoms with Crippen LogP contribution in [-0.4, -0.2) is 93.9 Å². The standard InChI is InChI=1S/C32H41FN8O14P2S2/c1-31(2,3)29(44)48-14-38-10-36-24-21(26(38)42)34-12-40(24)19-7-16-17(52-19)8-50-57(47,59)55-23-20(33)18(9-51-56(46,58)54-16)53-28(23)41-13-35-22-25(41)37-11-39(27(22)43)15-49-30(45)32(4,5)6/h10-13,16-20,23,28H,7-9,14-15H2,1-6H3,(H,46,58)(H,47,59)/t16-,17+,18+,19+,20-,23+,28+,56?,57?/m0/s1. The molecule has 2 bridgehead atoms. The number of aromatic nitrogens is 8. The fourth-order valence-corrected chi connectivity index (χ4v) is 9.16. The van der Waals surface area contributed by atoms with E-state index in [1.54, 1.807) is 41.5 Å². The zero-order valence-electron chi connectivity index (χ0n) is 32.3. The van der Waals surface area contributed by atoms with Crippen molar-refractivity contribution in [1.82, 2.24) is 38.2 Å². The Hall–Kier alpha value is -3.51. The van der Waals surface area contributed by atoms with E-state index in [9.17, 15) is 28.3 Å². The van der Waals surface area contributed by atoms with E-state index in [2.05, 4.69) is 44.4 Å². The van der Waals surface area contributed by atoms with Gasteiger partial charge in [0.15, 0.2) is 48.2 Å². The maximum Gasteiger partial charge on any atom is 0.386 e. The predicted molar refractivity (Wildman–Crippen MR) is 207 cm³/mol. The van der Waals surface area contributed by atoms with Gasteiger partial charge in [0.25, 0.3) is 11.1 Å². The van der Waals surface area contributed by atoms with E-state index in [4.69, 9.17) is 37.0 Å². The van der Waals surface area contributed by atoms with Crippen LogP contribution < -0.4 is 11.1 Å². The molecule has 59 heavy (non-hydrogen) atoms. The first-order chi connectivity index (χ1) is 27.5. The molecule has 0 radical (unpaired) electrons. The van der Waals surface area contributed by atoms with Gasteiger partial charge in [-0.3, -0.25) is 55.5 Å². The molecule has 3 aliphatic heterocycles. The maximum atomic E-state index is 16.2. The van der Waals surface area contributed by atoms with Gasteiger partial charge in [0.1, 0.15) is 43.3 Å². The molecule has 0 saturated carbocycles. The molecule has 22 nitrogen and oxygen atoms in total. The van der Waals surface area contributed by atoms with E-state index in [0.717, 1.165) is 21.8 Å². The van der Waals surface area contributed by atoms with Crippen molar-refractivity contribution in [3.63, 3.8) is 0 Å². The number of rotatable bonds is 6. The first-order valence-electron chi connectivity index (χ1n) is 18.0. The Labute approximate surface area is 344 Å². The Balaban J connectivity index is 1.10. The average Bonchev–Trinajstić information content (AvgIpc) is 3.93. The lowest BCUT2D eigenvalue weighted by Crippen LogP contribution is -2.32. The lowest BCUT2D eigenvalue weighted by Gasteiger charge is -2.26. The van der Waals surface area contributed by atoms with Gasteiger partial charge in [-0.2, -0.15) is 0 Å². The Morgan fingerprint density at radius 2 is 1.24 bits per heavy atom. The van der Waals surface area contributed by atoms with Crippen molar-refractivity contribution in [2.45, 2.75) is 104 Å². The van der Waals surface area contributed by atoms with Crippen LogP contribution in [0.4, 0.5) is 4.39 Å². The minimum Gasteiger partial charge on any atom is -0.443 e. The van der Waals surface area contributed by atoms with Gasteiger partial charge in [-0.25, -0.2) is 33.5 Å². The molecule has 27 heteroatoms. The van der Waals surface area contributed by atoms with Crippen LogP contribution in [-0.2, 0) is 69.2 Å². The number of esters is 2. The van der Waals surface area contributed by atoms with E-state index in [1.165, 1.54) is 21.8 Å². The summed E-state index contributed by atoms with van der Waals surface area (Å²) in [6, 6.07) is 0. The smallest absolute Gasteiger partial charge is 0.386 e. The van der Waals surface area contributed by atoms with E-state index < -0.39 is 117 Å². The van der Waals surface area contributed by atoms with Gasteiger partial charge >= 0.3 is 25.5 Å². The van der Waals surface area contributed by atoms with Crippen LogP contribution in [0.1, 0.15) is 60.4 Å². The van der Waals surface area contributed by atoms with Crippen molar-refractivity contribution >= 4 is 72.4 Å². The molecule has 0 N–H and O–H groups in total. The number of ether oxygens (including phenoxy) is 4. The molecule has 4 aromatic rings. The van der Waals surface area contributed by atoms with Crippen molar-refractivity contribution in [2.24, 2.45) is 10.8 Å².